The number of nitrogens with zero attached hydrogens (tertiary/aromatic N) is 2. The van der Waals surface area contributed by atoms with Crippen molar-refractivity contribution < 1.29 is 9.18 Å². The van der Waals surface area contributed by atoms with Gasteiger partial charge in [0, 0.05) is 42.8 Å². The fourth-order valence-corrected chi connectivity index (χ4v) is 3.55. The van der Waals surface area contributed by atoms with Crippen LogP contribution in [0, 0.1) is 5.82 Å². The molecule has 1 aliphatic heterocycles. The molecule has 0 spiro atoms. The van der Waals surface area contributed by atoms with Gasteiger partial charge in [-0.2, -0.15) is 0 Å². The molecule has 2 aromatic carbocycles. The number of hydrogen-bond acceptors (Lipinski definition) is 2. The molecule has 0 unspecified atom stereocenters. The maximum atomic E-state index is 13.1. The number of carbonyl (C=O) groups is 1. The minimum absolute atomic E-state index is 0.0962. The molecule has 132 valence electrons. The van der Waals surface area contributed by atoms with Crippen molar-refractivity contribution in [1.29, 1.82) is 0 Å². The van der Waals surface area contributed by atoms with Crippen molar-refractivity contribution in [2.75, 3.05) is 26.2 Å². The lowest BCUT2D eigenvalue weighted by Crippen LogP contribution is -2.48. The molecule has 1 fully saturated rings. The van der Waals surface area contributed by atoms with Crippen molar-refractivity contribution >= 4 is 40.7 Å². The van der Waals surface area contributed by atoms with E-state index in [4.69, 9.17) is 34.8 Å². The van der Waals surface area contributed by atoms with Crippen LogP contribution in [0.3, 0.4) is 0 Å². The summed E-state index contributed by atoms with van der Waals surface area (Å²) in [5.74, 6) is -0.440. The quantitative estimate of drug-likeness (QED) is 0.741. The summed E-state index contributed by atoms with van der Waals surface area (Å²) < 4.78 is 13.1. The molecular weight excluding hydrogens is 386 g/mol. The summed E-state index contributed by atoms with van der Waals surface area (Å²) in [5, 5.41) is 1.28. The largest absolute Gasteiger partial charge is 0.336 e. The summed E-state index contributed by atoms with van der Waals surface area (Å²) in [6, 6.07) is 9.31. The molecule has 0 N–H and O–H groups in total. The third-order valence-electron chi connectivity index (χ3n) is 4.23. The third-order valence-corrected chi connectivity index (χ3v) is 5.13. The second-order valence-corrected chi connectivity index (χ2v) is 7.18. The standard InChI is InChI=1S/C18H16Cl3FN2O/c19-13-2-4-15(17(21)9-13)18(25)24-7-5-23(6-8-24)11-12-1-3-14(22)10-16(12)20/h1-4,9-10H,5-8,11H2. The van der Waals surface area contributed by atoms with E-state index in [0.717, 1.165) is 5.56 Å². The van der Waals surface area contributed by atoms with Crippen LogP contribution >= 0.6 is 34.8 Å². The van der Waals surface area contributed by atoms with Crippen molar-refractivity contribution in [3.05, 3.63) is 68.4 Å². The van der Waals surface area contributed by atoms with Crippen molar-refractivity contribution in [2.45, 2.75) is 6.54 Å². The van der Waals surface area contributed by atoms with Crippen LogP contribution < -0.4 is 0 Å². The Balaban J connectivity index is 1.60. The molecule has 3 rings (SSSR count). The predicted octanol–water partition coefficient (Wildman–Crippen LogP) is 4.74. The Kier molecular flexibility index (Phi) is 5.85. The van der Waals surface area contributed by atoms with Gasteiger partial charge < -0.3 is 4.90 Å². The molecule has 7 heteroatoms. The normalized spacial score (nSPS) is 15.4. The monoisotopic (exact) mass is 400 g/mol. The molecule has 1 heterocycles. The van der Waals surface area contributed by atoms with Crippen LogP contribution in [0.25, 0.3) is 0 Å². The highest BCUT2D eigenvalue weighted by Gasteiger charge is 2.24. The van der Waals surface area contributed by atoms with Crippen molar-refractivity contribution in [3.63, 3.8) is 0 Å². The van der Waals surface area contributed by atoms with Crippen molar-refractivity contribution in [2.24, 2.45) is 0 Å². The molecular formula is C18H16Cl3FN2O. The summed E-state index contributed by atoms with van der Waals surface area (Å²) in [6.45, 7) is 3.24. The minimum atomic E-state index is -0.344. The maximum Gasteiger partial charge on any atom is 0.255 e. The average molecular weight is 402 g/mol. The van der Waals surface area contributed by atoms with E-state index < -0.39 is 0 Å². The molecule has 0 aromatic heterocycles. The topological polar surface area (TPSA) is 23.6 Å². The smallest absolute Gasteiger partial charge is 0.255 e. The van der Waals surface area contributed by atoms with Gasteiger partial charge in [-0.1, -0.05) is 40.9 Å². The lowest BCUT2D eigenvalue weighted by molar-refractivity contribution is 0.0628. The number of rotatable bonds is 3. The van der Waals surface area contributed by atoms with Gasteiger partial charge in [0.15, 0.2) is 0 Å². The lowest BCUT2D eigenvalue weighted by atomic mass is 10.1. The number of benzene rings is 2. The number of piperazine rings is 1. The van der Waals surface area contributed by atoms with Crippen LogP contribution in [0.15, 0.2) is 36.4 Å². The molecule has 0 bridgehead atoms. The van der Waals surface area contributed by atoms with Gasteiger partial charge in [0.1, 0.15) is 5.82 Å². The van der Waals surface area contributed by atoms with Crippen LogP contribution in [0.4, 0.5) is 4.39 Å². The zero-order chi connectivity index (χ0) is 18.0. The van der Waals surface area contributed by atoms with Gasteiger partial charge in [-0.05, 0) is 35.9 Å². The van der Waals surface area contributed by atoms with E-state index in [9.17, 15) is 9.18 Å². The Morgan fingerprint density at radius 2 is 1.68 bits per heavy atom. The fourth-order valence-electron chi connectivity index (χ4n) is 2.83. The van der Waals surface area contributed by atoms with Gasteiger partial charge in [-0.15, -0.1) is 0 Å². The molecule has 3 nitrogen and oxygen atoms in total. The Bertz CT molecular complexity index is 792. The van der Waals surface area contributed by atoms with Gasteiger partial charge in [-0.25, -0.2) is 4.39 Å². The van der Waals surface area contributed by atoms with Crippen molar-refractivity contribution in [3.8, 4) is 0 Å². The minimum Gasteiger partial charge on any atom is -0.336 e. The number of hydrogen-bond donors (Lipinski definition) is 0. The Morgan fingerprint density at radius 3 is 2.32 bits per heavy atom. The molecule has 0 saturated carbocycles. The van der Waals surface area contributed by atoms with E-state index in [0.29, 0.717) is 53.4 Å². The van der Waals surface area contributed by atoms with E-state index in [1.165, 1.54) is 12.1 Å². The Morgan fingerprint density at radius 1 is 0.960 bits per heavy atom. The highest BCUT2D eigenvalue weighted by Crippen LogP contribution is 2.24. The van der Waals surface area contributed by atoms with E-state index >= 15 is 0 Å². The number of amides is 1. The zero-order valence-corrected chi connectivity index (χ0v) is 15.6. The van der Waals surface area contributed by atoms with E-state index in [1.807, 2.05) is 0 Å². The summed E-state index contributed by atoms with van der Waals surface area (Å²) >= 11 is 18.1. The molecule has 0 atom stereocenters. The van der Waals surface area contributed by atoms with E-state index in [2.05, 4.69) is 4.90 Å². The maximum absolute atomic E-state index is 13.1. The van der Waals surface area contributed by atoms with Crippen LogP contribution in [0.2, 0.25) is 15.1 Å². The summed E-state index contributed by atoms with van der Waals surface area (Å²) in [5.41, 5.74) is 1.34. The zero-order valence-electron chi connectivity index (χ0n) is 13.3. The summed E-state index contributed by atoms with van der Waals surface area (Å²) in [6.07, 6.45) is 0. The van der Waals surface area contributed by atoms with Gasteiger partial charge in [0.25, 0.3) is 5.91 Å². The van der Waals surface area contributed by atoms with Crippen molar-refractivity contribution in [1.82, 2.24) is 9.80 Å². The average Bonchev–Trinajstić information content (AvgIpc) is 2.57. The summed E-state index contributed by atoms with van der Waals surface area (Å²) in [4.78, 5) is 16.6. The summed E-state index contributed by atoms with van der Waals surface area (Å²) in [7, 11) is 0. The molecule has 2 aromatic rings. The highest BCUT2D eigenvalue weighted by atomic mass is 35.5. The predicted molar refractivity (Wildman–Crippen MR) is 99.1 cm³/mol. The Hall–Kier alpha value is -1.33. The van der Waals surface area contributed by atoms with Gasteiger partial charge in [0.05, 0.1) is 10.6 Å². The first-order chi connectivity index (χ1) is 11.9. The van der Waals surface area contributed by atoms with Crippen LogP contribution in [0.5, 0.6) is 0 Å². The first-order valence-electron chi connectivity index (χ1n) is 7.84. The molecule has 1 aliphatic rings. The first kappa shape index (κ1) is 18.5. The second-order valence-electron chi connectivity index (χ2n) is 5.93. The van der Waals surface area contributed by atoms with Crippen LogP contribution in [0.1, 0.15) is 15.9 Å². The molecule has 0 aliphatic carbocycles. The van der Waals surface area contributed by atoms with Crippen LogP contribution in [-0.2, 0) is 6.54 Å². The number of carbonyl (C=O) groups excluding carboxylic acids is 1. The molecule has 25 heavy (non-hydrogen) atoms. The molecule has 1 amide bonds. The molecule has 0 radical (unpaired) electrons. The number of halogens is 4. The SMILES string of the molecule is O=C(c1ccc(Cl)cc1Cl)N1CCN(Cc2ccc(F)cc2Cl)CC1. The van der Waals surface area contributed by atoms with E-state index in [1.54, 1.807) is 29.2 Å². The van der Waals surface area contributed by atoms with Gasteiger partial charge >= 0.3 is 0 Å². The fraction of sp³-hybridized carbons (Fsp3) is 0.278. The van der Waals surface area contributed by atoms with E-state index in [-0.39, 0.29) is 11.7 Å². The van der Waals surface area contributed by atoms with Gasteiger partial charge in [-0.3, -0.25) is 9.69 Å². The highest BCUT2D eigenvalue weighted by molar-refractivity contribution is 6.36. The van der Waals surface area contributed by atoms with Crippen LogP contribution in [-0.4, -0.2) is 41.9 Å². The second kappa shape index (κ2) is 7.92. The third kappa shape index (κ3) is 4.45. The first-order valence-corrected chi connectivity index (χ1v) is 8.98. The van der Waals surface area contributed by atoms with Gasteiger partial charge in [0.2, 0.25) is 0 Å². The lowest BCUT2D eigenvalue weighted by Gasteiger charge is -2.35. The Labute approximate surface area is 160 Å². The molecule has 1 saturated heterocycles.